The molecule has 0 rings (SSSR count). The van der Waals surface area contributed by atoms with E-state index in [1.807, 2.05) is 20.8 Å². The van der Waals surface area contributed by atoms with Gasteiger partial charge in [-0.2, -0.15) is 0 Å². The Morgan fingerprint density at radius 2 is 1.74 bits per heavy atom. The Balaban J connectivity index is 4.23. The van der Waals surface area contributed by atoms with Crippen LogP contribution in [-0.2, 0) is 22.8 Å². The third-order valence-corrected chi connectivity index (χ3v) is 6.02. The highest BCUT2D eigenvalue weighted by Gasteiger charge is 2.39. The van der Waals surface area contributed by atoms with Crippen LogP contribution in [0.2, 0.25) is 6.04 Å². The van der Waals surface area contributed by atoms with E-state index in [1.54, 1.807) is 0 Å². The van der Waals surface area contributed by atoms with E-state index in [1.165, 1.54) is 6.92 Å². The number of hydrogen-bond acceptors (Lipinski definition) is 7. The minimum atomic E-state index is -2.62. The van der Waals surface area contributed by atoms with Gasteiger partial charge in [0.1, 0.15) is 0 Å². The van der Waals surface area contributed by atoms with Gasteiger partial charge in [0, 0.05) is 38.9 Å². The first-order valence-corrected chi connectivity index (χ1v) is 9.98. The summed E-state index contributed by atoms with van der Waals surface area (Å²) in [4.78, 5) is 11.1. The number of ether oxygens (including phenoxy) is 1. The lowest BCUT2D eigenvalue weighted by Gasteiger charge is -2.28. The number of carbonyl (C=O) groups excluding carboxylic acids is 1. The second-order valence-corrected chi connectivity index (χ2v) is 7.79. The molecule has 7 nitrogen and oxygen atoms in total. The molecule has 2 N–H and O–H groups in total. The van der Waals surface area contributed by atoms with E-state index in [0.717, 1.165) is 12.5 Å². The molecule has 8 heteroatoms. The van der Waals surface area contributed by atoms with Crippen LogP contribution >= 0.6 is 0 Å². The Kier molecular flexibility index (Phi) is 11.3. The van der Waals surface area contributed by atoms with Crippen LogP contribution in [0.15, 0.2) is 12.7 Å². The van der Waals surface area contributed by atoms with Crippen LogP contribution in [-0.4, -0.2) is 58.6 Å². The van der Waals surface area contributed by atoms with E-state index in [4.69, 9.17) is 18.0 Å². The normalized spacial score (nSPS) is 14.3. The number of rotatable bonds is 14. The van der Waals surface area contributed by atoms with Crippen molar-refractivity contribution < 1.29 is 27.9 Å². The monoisotopic (exact) mass is 349 g/mol. The van der Waals surface area contributed by atoms with Gasteiger partial charge in [0.25, 0.3) is 0 Å². The van der Waals surface area contributed by atoms with Crippen LogP contribution < -0.4 is 5.32 Å². The van der Waals surface area contributed by atoms with Crippen molar-refractivity contribution in [3.05, 3.63) is 12.7 Å². The van der Waals surface area contributed by atoms with Gasteiger partial charge < -0.3 is 28.4 Å². The average molecular weight is 350 g/mol. The molecule has 0 aliphatic heterocycles. The lowest BCUT2D eigenvalue weighted by molar-refractivity contribution is -0.194. The molecule has 1 atom stereocenters. The molecule has 0 spiro atoms. The van der Waals surface area contributed by atoms with Crippen LogP contribution in [0.25, 0.3) is 0 Å². The molecule has 0 aromatic carbocycles. The fourth-order valence-electron chi connectivity index (χ4n) is 2.05. The standard InChI is InChI=1S/C15H31NO6Si/c1-6-14(17)22-15(5,18)13-16-11-10-12-23(19-7-2,20-8-3)21-9-4/h6,16,18H,1,7-13H2,2-5H3. The summed E-state index contributed by atoms with van der Waals surface area (Å²) in [6.45, 7) is 12.8. The first-order valence-electron chi connectivity index (χ1n) is 8.05. The molecule has 0 saturated carbocycles. The third-order valence-electron chi connectivity index (χ3n) is 2.87. The topological polar surface area (TPSA) is 86.3 Å². The summed E-state index contributed by atoms with van der Waals surface area (Å²) in [5.41, 5.74) is 0. The molecule has 0 aromatic heterocycles. The van der Waals surface area contributed by atoms with Gasteiger partial charge in [-0.25, -0.2) is 4.79 Å². The summed E-state index contributed by atoms with van der Waals surface area (Å²) in [6.07, 6.45) is 1.78. The van der Waals surface area contributed by atoms with Crippen molar-refractivity contribution in [2.75, 3.05) is 32.9 Å². The van der Waals surface area contributed by atoms with Crippen LogP contribution in [0.5, 0.6) is 0 Å². The Hall–Kier alpha value is -0.773. The van der Waals surface area contributed by atoms with Gasteiger partial charge in [0.15, 0.2) is 0 Å². The average Bonchev–Trinajstić information content (AvgIpc) is 2.47. The number of hydrogen-bond donors (Lipinski definition) is 2. The van der Waals surface area contributed by atoms with E-state index in [2.05, 4.69) is 11.9 Å². The molecule has 0 radical (unpaired) electrons. The van der Waals surface area contributed by atoms with Crippen molar-refractivity contribution in [1.82, 2.24) is 5.32 Å². The predicted molar refractivity (Wildman–Crippen MR) is 89.8 cm³/mol. The molecule has 23 heavy (non-hydrogen) atoms. The fourth-order valence-corrected chi connectivity index (χ4v) is 4.66. The van der Waals surface area contributed by atoms with Gasteiger partial charge in [-0.05, 0) is 33.7 Å². The Bertz CT molecular complexity index is 334. The highest BCUT2D eigenvalue weighted by molar-refractivity contribution is 6.60. The first kappa shape index (κ1) is 22.2. The second-order valence-electron chi connectivity index (χ2n) is 5.06. The van der Waals surface area contributed by atoms with E-state index in [0.29, 0.717) is 32.4 Å². The summed E-state index contributed by atoms with van der Waals surface area (Å²) in [5, 5.41) is 13.0. The zero-order valence-corrected chi connectivity index (χ0v) is 15.7. The summed E-state index contributed by atoms with van der Waals surface area (Å²) in [6, 6.07) is 0.685. The number of esters is 1. The molecular formula is C15H31NO6Si. The highest BCUT2D eigenvalue weighted by Crippen LogP contribution is 2.17. The Morgan fingerprint density at radius 3 is 2.17 bits per heavy atom. The summed E-state index contributed by atoms with van der Waals surface area (Å²) >= 11 is 0. The van der Waals surface area contributed by atoms with Crippen molar-refractivity contribution in [2.45, 2.75) is 45.9 Å². The molecule has 0 fully saturated rings. The number of carbonyl (C=O) groups is 1. The van der Waals surface area contributed by atoms with Crippen LogP contribution in [0.3, 0.4) is 0 Å². The second kappa shape index (κ2) is 11.7. The summed E-state index contributed by atoms with van der Waals surface area (Å²) in [7, 11) is -2.62. The fraction of sp³-hybridized carbons (Fsp3) is 0.800. The smallest absolute Gasteiger partial charge is 0.429 e. The largest absolute Gasteiger partial charge is 0.500 e. The van der Waals surface area contributed by atoms with Crippen LogP contribution in [0, 0.1) is 0 Å². The van der Waals surface area contributed by atoms with Gasteiger partial charge in [0.05, 0.1) is 6.54 Å². The van der Waals surface area contributed by atoms with Gasteiger partial charge in [0.2, 0.25) is 5.79 Å². The molecule has 0 bridgehead atoms. The van der Waals surface area contributed by atoms with Crippen LogP contribution in [0.1, 0.15) is 34.1 Å². The minimum absolute atomic E-state index is 0.124. The van der Waals surface area contributed by atoms with Crippen molar-refractivity contribution in [2.24, 2.45) is 0 Å². The summed E-state index contributed by atoms with van der Waals surface area (Å²) in [5.74, 6) is -2.23. The van der Waals surface area contributed by atoms with Crippen molar-refractivity contribution in [3.8, 4) is 0 Å². The van der Waals surface area contributed by atoms with E-state index in [9.17, 15) is 9.90 Å². The zero-order chi connectivity index (χ0) is 17.8. The molecule has 0 aliphatic carbocycles. The number of aliphatic hydroxyl groups is 1. The molecular weight excluding hydrogens is 318 g/mol. The third kappa shape index (κ3) is 9.85. The van der Waals surface area contributed by atoms with Crippen molar-refractivity contribution in [3.63, 3.8) is 0 Å². The lowest BCUT2D eigenvalue weighted by Crippen LogP contribution is -2.47. The van der Waals surface area contributed by atoms with E-state index in [-0.39, 0.29) is 6.54 Å². The number of nitrogens with one attached hydrogen (secondary N) is 1. The SMILES string of the molecule is C=CC(=O)OC(C)(O)CNCCC[Si](OCC)(OCC)OCC. The molecule has 0 aromatic rings. The molecule has 0 saturated heterocycles. The molecule has 0 heterocycles. The van der Waals surface area contributed by atoms with Gasteiger partial charge in [-0.3, -0.25) is 0 Å². The highest BCUT2D eigenvalue weighted by atomic mass is 28.4. The van der Waals surface area contributed by atoms with E-state index >= 15 is 0 Å². The lowest BCUT2D eigenvalue weighted by atomic mass is 10.3. The van der Waals surface area contributed by atoms with Gasteiger partial charge in [-0.15, -0.1) is 0 Å². The summed E-state index contributed by atoms with van der Waals surface area (Å²) < 4.78 is 22.1. The van der Waals surface area contributed by atoms with Crippen molar-refractivity contribution in [1.29, 1.82) is 0 Å². The maximum Gasteiger partial charge on any atom is 0.500 e. The maximum absolute atomic E-state index is 11.1. The van der Waals surface area contributed by atoms with Crippen LogP contribution in [0.4, 0.5) is 0 Å². The Labute approximate surface area is 140 Å². The molecule has 0 aliphatic rings. The maximum atomic E-state index is 11.1. The molecule has 0 amide bonds. The minimum Gasteiger partial charge on any atom is -0.429 e. The van der Waals surface area contributed by atoms with Gasteiger partial charge in [-0.1, -0.05) is 6.58 Å². The Morgan fingerprint density at radius 1 is 1.22 bits per heavy atom. The van der Waals surface area contributed by atoms with Gasteiger partial charge >= 0.3 is 14.8 Å². The van der Waals surface area contributed by atoms with Crippen molar-refractivity contribution >= 4 is 14.8 Å². The molecule has 136 valence electrons. The first-order chi connectivity index (χ1) is 10.8. The van der Waals surface area contributed by atoms with E-state index < -0.39 is 20.6 Å². The quantitative estimate of drug-likeness (QED) is 0.161. The zero-order valence-electron chi connectivity index (χ0n) is 14.7. The predicted octanol–water partition coefficient (Wildman–Crippen LogP) is 1.45. The molecule has 1 unspecified atom stereocenters.